The minimum atomic E-state index is -0.862. The molecule has 18 nitrogen and oxygen atoms in total. The summed E-state index contributed by atoms with van der Waals surface area (Å²) < 4.78 is 28.2. The SMILES string of the molecule is CCN1CCN(c2cccc3c2C(=O)N(C(c2cccc(N(Cc4ccccc4)C(=O)OC(C)(C)C)c2)c2ccc(OC)c(OC)c2)C3=O)CC1.CCN1CCN(c2cccc3c2C(=O)N(C(c2cccc(NCc4ccccc4)c2)c2ccc(OC)c(OC)c2)C3=O)CC1.Cl. The van der Waals surface area contributed by atoms with E-state index in [4.69, 9.17) is 23.7 Å². The highest BCUT2D eigenvalue weighted by Gasteiger charge is 2.46. The van der Waals surface area contributed by atoms with Crippen LogP contribution in [0.3, 0.4) is 0 Å². The number of nitrogens with zero attached hydrogens (tertiary/aromatic N) is 7. The molecule has 2 unspecified atom stereocenters. The Morgan fingerprint density at radius 1 is 0.469 bits per heavy atom. The molecule has 5 amide bonds. The van der Waals surface area contributed by atoms with Crippen LogP contribution in [0.2, 0.25) is 0 Å². The summed E-state index contributed by atoms with van der Waals surface area (Å²) >= 11 is 0. The first-order valence-electron chi connectivity index (χ1n) is 32.5. The number of carbonyl (C=O) groups is 5. The Labute approximate surface area is 569 Å². The number of imide groups is 2. The number of hydrogen-bond acceptors (Lipinski definition) is 15. The molecule has 1 N–H and O–H groups in total. The molecule has 500 valence electrons. The number of benzene rings is 8. The van der Waals surface area contributed by atoms with Crippen molar-refractivity contribution in [1.82, 2.24) is 19.6 Å². The van der Waals surface area contributed by atoms with Crippen LogP contribution in [0.15, 0.2) is 182 Å². The van der Waals surface area contributed by atoms with Gasteiger partial charge in [-0.25, -0.2) is 4.79 Å². The zero-order chi connectivity index (χ0) is 66.9. The number of halogens is 1. The topological polar surface area (TPSA) is 166 Å². The Hall–Kier alpha value is -9.88. The molecule has 0 spiro atoms. The summed E-state index contributed by atoms with van der Waals surface area (Å²) in [4.78, 5) is 85.1. The maximum Gasteiger partial charge on any atom is 0.415 e. The number of fused-ring (bicyclic) bond motifs is 2. The lowest BCUT2D eigenvalue weighted by Gasteiger charge is -2.36. The summed E-state index contributed by atoms with van der Waals surface area (Å²) in [6.07, 6.45) is -0.514. The van der Waals surface area contributed by atoms with Crippen LogP contribution in [-0.2, 0) is 17.8 Å². The van der Waals surface area contributed by atoms with Crippen LogP contribution in [0, 0.1) is 0 Å². The fraction of sp³-hybridized carbons (Fsp3) is 0.312. The minimum absolute atomic E-state index is 0. The van der Waals surface area contributed by atoms with Crippen molar-refractivity contribution in [2.24, 2.45) is 0 Å². The van der Waals surface area contributed by atoms with Crippen molar-refractivity contribution in [3.05, 3.63) is 238 Å². The van der Waals surface area contributed by atoms with Gasteiger partial charge in [0, 0.05) is 70.3 Å². The highest BCUT2D eigenvalue weighted by atomic mass is 35.5. The number of carbonyl (C=O) groups excluding carboxylic acids is 5. The normalized spacial score (nSPS) is 15.4. The first kappa shape index (κ1) is 69.0. The number of amides is 5. The van der Waals surface area contributed by atoms with Gasteiger partial charge in [0.25, 0.3) is 23.6 Å². The molecule has 0 aliphatic carbocycles. The van der Waals surface area contributed by atoms with Crippen LogP contribution in [-0.4, -0.2) is 149 Å². The average Bonchev–Trinajstić information content (AvgIpc) is 1.59. The van der Waals surface area contributed by atoms with Gasteiger partial charge in [0.2, 0.25) is 0 Å². The van der Waals surface area contributed by atoms with Crippen LogP contribution < -0.4 is 39.0 Å². The summed E-state index contributed by atoms with van der Waals surface area (Å²) in [5.74, 6) is 0.723. The van der Waals surface area contributed by atoms with Gasteiger partial charge in [-0.15, -0.1) is 12.4 Å². The number of anilines is 4. The lowest BCUT2D eigenvalue weighted by molar-refractivity contribution is 0.0570. The van der Waals surface area contributed by atoms with Crippen LogP contribution >= 0.6 is 12.4 Å². The molecule has 0 saturated carbocycles. The third-order valence-electron chi connectivity index (χ3n) is 18.0. The maximum absolute atomic E-state index is 14.7. The molecule has 8 aromatic carbocycles. The Bertz CT molecular complexity index is 4080. The van der Waals surface area contributed by atoms with Crippen molar-refractivity contribution >= 4 is 64.9 Å². The van der Waals surface area contributed by atoms with E-state index in [1.807, 2.05) is 166 Å². The van der Waals surface area contributed by atoms with Gasteiger partial charge in [0.1, 0.15) is 5.60 Å². The lowest BCUT2D eigenvalue weighted by Crippen LogP contribution is -2.46. The highest BCUT2D eigenvalue weighted by Crippen LogP contribution is 2.45. The molecule has 0 bridgehead atoms. The Kier molecular flexibility index (Phi) is 22.0. The van der Waals surface area contributed by atoms with Gasteiger partial charge in [-0.3, -0.25) is 33.9 Å². The zero-order valence-corrected chi connectivity index (χ0v) is 56.9. The summed E-state index contributed by atoms with van der Waals surface area (Å²) in [6.45, 7) is 19.4. The Morgan fingerprint density at radius 2 is 0.896 bits per heavy atom. The van der Waals surface area contributed by atoms with E-state index >= 15 is 0 Å². The fourth-order valence-electron chi connectivity index (χ4n) is 13.0. The summed E-state index contributed by atoms with van der Waals surface area (Å²) in [7, 11) is 6.27. The third kappa shape index (κ3) is 14.8. The second-order valence-corrected chi connectivity index (χ2v) is 24.8. The highest BCUT2D eigenvalue weighted by molar-refractivity contribution is 6.25. The van der Waals surface area contributed by atoms with Gasteiger partial charge in [-0.05, 0) is 140 Å². The van der Waals surface area contributed by atoms with Crippen LogP contribution in [0.4, 0.5) is 27.5 Å². The Morgan fingerprint density at radius 3 is 1.34 bits per heavy atom. The van der Waals surface area contributed by atoms with E-state index < -0.39 is 23.8 Å². The van der Waals surface area contributed by atoms with Gasteiger partial charge >= 0.3 is 6.09 Å². The number of nitrogens with one attached hydrogen (secondary N) is 1. The molecule has 0 aromatic heterocycles. The molecule has 2 atom stereocenters. The van der Waals surface area contributed by atoms with E-state index in [9.17, 15) is 24.0 Å². The standard InChI is InChI=1S/C41H46N4O6.C36H38N4O4.ClH/c1-7-42-21-23-43(24-22-42)33-18-12-17-32-36(33)39(47)45(38(32)46)37(30-19-20-34(49-5)35(26-30)50-6)29-15-11-16-31(25-29)44(40(48)51-41(2,3)4)27-28-13-9-8-10-14-28;1-4-38-18-20-39(21-19-38)30-15-9-14-29-33(30)36(42)40(35(29)41)34(27-16-17-31(43-2)32(23-27)44-3)26-12-8-13-28(22-26)37-24-25-10-6-5-7-11-25;/h8-20,25-26,37H,7,21-24,27H2,1-6H3;5-17,22-23,34,37H,4,18-21,24H2,1-3H3;1H. The predicted molar refractivity (Wildman–Crippen MR) is 378 cm³/mol. The van der Waals surface area contributed by atoms with E-state index in [1.165, 1.54) is 9.80 Å². The molecule has 0 radical (unpaired) electrons. The first-order valence-corrected chi connectivity index (χ1v) is 32.5. The molecule has 4 heterocycles. The molecule has 8 aromatic rings. The van der Waals surface area contributed by atoms with E-state index in [-0.39, 0.29) is 42.6 Å². The molecule has 2 fully saturated rings. The fourth-order valence-corrected chi connectivity index (χ4v) is 13.0. The van der Waals surface area contributed by atoms with Crippen molar-refractivity contribution in [2.75, 3.05) is 114 Å². The van der Waals surface area contributed by atoms with Crippen LogP contribution in [0.25, 0.3) is 0 Å². The van der Waals surface area contributed by atoms with Crippen LogP contribution in [0.5, 0.6) is 23.0 Å². The molecule has 2 saturated heterocycles. The quantitative estimate of drug-likeness (QED) is 0.0716. The summed E-state index contributed by atoms with van der Waals surface area (Å²) in [5.41, 5.74) is 8.91. The Balaban J connectivity index is 0.000000209. The van der Waals surface area contributed by atoms with E-state index in [0.29, 0.717) is 68.6 Å². The molecule has 19 heteroatoms. The number of ether oxygens (including phenoxy) is 5. The zero-order valence-electron chi connectivity index (χ0n) is 56.1. The van der Waals surface area contributed by atoms with E-state index in [0.717, 1.165) is 105 Å². The van der Waals surface area contributed by atoms with Crippen molar-refractivity contribution < 1.29 is 47.7 Å². The largest absolute Gasteiger partial charge is 0.493 e. The van der Waals surface area contributed by atoms with Gasteiger partial charge in [0.05, 0.1) is 80.7 Å². The first-order chi connectivity index (χ1) is 46.0. The smallest absolute Gasteiger partial charge is 0.415 e. The number of methoxy groups -OCH3 is 4. The monoisotopic (exact) mass is 1320 g/mol. The van der Waals surface area contributed by atoms with Crippen LogP contribution in [0.1, 0.15) is 122 Å². The predicted octanol–water partition coefficient (Wildman–Crippen LogP) is 13.4. The average molecular weight is 1320 g/mol. The molecule has 96 heavy (non-hydrogen) atoms. The van der Waals surface area contributed by atoms with Gasteiger partial charge in [-0.1, -0.05) is 123 Å². The molecule has 12 rings (SSSR count). The second kappa shape index (κ2) is 30.7. The van der Waals surface area contributed by atoms with Gasteiger partial charge in [0.15, 0.2) is 23.0 Å². The second-order valence-electron chi connectivity index (χ2n) is 24.8. The lowest BCUT2D eigenvalue weighted by atomic mass is 9.95. The molecule has 4 aliphatic rings. The third-order valence-corrected chi connectivity index (χ3v) is 18.0. The van der Waals surface area contributed by atoms with Crippen molar-refractivity contribution in [1.29, 1.82) is 0 Å². The number of rotatable bonds is 20. The molecule has 4 aliphatic heterocycles. The number of piperazine rings is 2. The van der Waals surface area contributed by atoms with Gasteiger partial charge < -0.3 is 48.6 Å². The summed E-state index contributed by atoms with van der Waals surface area (Å²) in [5, 5.41) is 3.50. The van der Waals surface area contributed by atoms with E-state index in [1.54, 1.807) is 57.6 Å². The van der Waals surface area contributed by atoms with Crippen molar-refractivity contribution in [3.8, 4) is 23.0 Å². The van der Waals surface area contributed by atoms with E-state index in [2.05, 4.69) is 50.9 Å². The molecular weight excluding hydrogens is 1230 g/mol. The number of likely N-dealkylation sites (N-methyl/N-ethyl adjacent to an activating group) is 2. The van der Waals surface area contributed by atoms with Crippen molar-refractivity contribution in [3.63, 3.8) is 0 Å². The van der Waals surface area contributed by atoms with Gasteiger partial charge in [-0.2, -0.15) is 0 Å². The summed E-state index contributed by atoms with van der Waals surface area (Å²) in [6, 6.07) is 55.7. The molecular formula is C77H85ClN8O10. The minimum Gasteiger partial charge on any atom is -0.493 e. The van der Waals surface area contributed by atoms with Crippen molar-refractivity contribution in [2.45, 2.75) is 65.4 Å². The maximum atomic E-state index is 14.7. The number of hydrogen-bond donors (Lipinski definition) is 1.